The van der Waals surface area contributed by atoms with Crippen molar-refractivity contribution in [3.63, 3.8) is 0 Å². The summed E-state index contributed by atoms with van der Waals surface area (Å²) < 4.78 is 6.03. The van der Waals surface area contributed by atoms with Crippen LogP contribution in [-0.2, 0) is 4.74 Å². The Balaban J connectivity index is 2.10. The smallest absolute Gasteiger partial charge is 0.107 e. The van der Waals surface area contributed by atoms with Gasteiger partial charge in [-0.1, -0.05) is 26.8 Å². The molecule has 2 nitrogen and oxygen atoms in total. The maximum atomic E-state index is 6.03. The summed E-state index contributed by atoms with van der Waals surface area (Å²) in [5, 5.41) is 5.86. The summed E-state index contributed by atoms with van der Waals surface area (Å²) >= 11 is 1.79. The lowest BCUT2D eigenvalue weighted by Crippen LogP contribution is -2.45. The van der Waals surface area contributed by atoms with Gasteiger partial charge in [0.05, 0.1) is 0 Å². The normalized spacial score (nSPS) is 31.2. The molecular formula is C14H23NOS. The monoisotopic (exact) mass is 253 g/mol. The van der Waals surface area contributed by atoms with Gasteiger partial charge in [-0.3, -0.25) is 0 Å². The molecule has 17 heavy (non-hydrogen) atoms. The van der Waals surface area contributed by atoms with Crippen molar-refractivity contribution < 1.29 is 4.74 Å². The topological polar surface area (TPSA) is 21.3 Å². The average molecular weight is 253 g/mol. The molecule has 0 aromatic carbocycles. The lowest BCUT2D eigenvalue weighted by Gasteiger charge is -2.32. The molecule has 0 radical (unpaired) electrons. The maximum Gasteiger partial charge on any atom is 0.107 e. The number of ether oxygens (including phenoxy) is 1. The first-order valence-corrected chi connectivity index (χ1v) is 7.27. The van der Waals surface area contributed by atoms with Gasteiger partial charge in [0, 0.05) is 23.6 Å². The zero-order valence-electron chi connectivity index (χ0n) is 11.2. The van der Waals surface area contributed by atoms with Gasteiger partial charge in [0.1, 0.15) is 6.10 Å². The highest BCUT2D eigenvalue weighted by Crippen LogP contribution is 2.31. The van der Waals surface area contributed by atoms with Crippen LogP contribution in [0.15, 0.2) is 17.5 Å². The third-order valence-corrected chi connectivity index (χ3v) is 4.42. The Morgan fingerprint density at radius 1 is 1.41 bits per heavy atom. The van der Waals surface area contributed by atoms with E-state index >= 15 is 0 Å². The van der Waals surface area contributed by atoms with E-state index in [1.807, 2.05) is 0 Å². The van der Waals surface area contributed by atoms with Gasteiger partial charge >= 0.3 is 0 Å². The molecule has 1 N–H and O–H groups in total. The Morgan fingerprint density at radius 2 is 2.18 bits per heavy atom. The minimum atomic E-state index is 0.211. The molecule has 0 aliphatic carbocycles. The summed E-state index contributed by atoms with van der Waals surface area (Å²) in [6, 6.07) is 5.18. The SMILES string of the molecule is CC1NC(C(C)(C)C)CCOC1c1cccs1. The Kier molecular flexibility index (Phi) is 3.91. The maximum absolute atomic E-state index is 6.03. The van der Waals surface area contributed by atoms with Crippen molar-refractivity contribution in [1.29, 1.82) is 0 Å². The first kappa shape index (κ1) is 13.1. The van der Waals surface area contributed by atoms with Crippen LogP contribution in [-0.4, -0.2) is 18.7 Å². The van der Waals surface area contributed by atoms with Crippen LogP contribution in [0.2, 0.25) is 0 Å². The van der Waals surface area contributed by atoms with Crippen LogP contribution in [0.25, 0.3) is 0 Å². The first-order chi connectivity index (χ1) is 7.98. The molecule has 0 bridgehead atoms. The van der Waals surface area contributed by atoms with Crippen LogP contribution in [0, 0.1) is 5.41 Å². The van der Waals surface area contributed by atoms with E-state index in [1.165, 1.54) is 4.88 Å². The standard InChI is InChI=1S/C14H23NOS/c1-10-13(11-6-5-9-17-11)16-8-7-12(15-10)14(2,3)4/h5-6,9-10,12-13,15H,7-8H2,1-4H3. The van der Waals surface area contributed by atoms with Gasteiger partial charge < -0.3 is 10.1 Å². The number of hydrogen-bond donors (Lipinski definition) is 1. The fraction of sp³-hybridized carbons (Fsp3) is 0.714. The quantitative estimate of drug-likeness (QED) is 0.825. The van der Waals surface area contributed by atoms with E-state index in [4.69, 9.17) is 4.74 Å². The molecule has 3 unspecified atom stereocenters. The van der Waals surface area contributed by atoms with Crippen molar-refractivity contribution in [2.24, 2.45) is 5.41 Å². The van der Waals surface area contributed by atoms with E-state index in [0.717, 1.165) is 13.0 Å². The molecule has 2 heterocycles. The average Bonchev–Trinajstić information content (AvgIpc) is 2.67. The Bertz CT molecular complexity index is 342. The summed E-state index contributed by atoms with van der Waals surface area (Å²) in [7, 11) is 0. The number of nitrogens with one attached hydrogen (secondary N) is 1. The summed E-state index contributed by atoms with van der Waals surface area (Å²) in [5.41, 5.74) is 0.294. The van der Waals surface area contributed by atoms with E-state index < -0.39 is 0 Å². The first-order valence-electron chi connectivity index (χ1n) is 6.39. The largest absolute Gasteiger partial charge is 0.371 e. The molecule has 96 valence electrons. The molecule has 1 fully saturated rings. The van der Waals surface area contributed by atoms with Crippen molar-refractivity contribution in [1.82, 2.24) is 5.32 Å². The zero-order chi connectivity index (χ0) is 12.5. The van der Waals surface area contributed by atoms with Crippen molar-refractivity contribution >= 4 is 11.3 Å². The number of rotatable bonds is 1. The van der Waals surface area contributed by atoms with Crippen LogP contribution in [0.1, 0.15) is 45.1 Å². The van der Waals surface area contributed by atoms with E-state index in [1.54, 1.807) is 11.3 Å². The van der Waals surface area contributed by atoms with Crippen molar-refractivity contribution in [3.8, 4) is 0 Å². The van der Waals surface area contributed by atoms with Crippen molar-refractivity contribution in [2.45, 2.75) is 52.3 Å². The van der Waals surface area contributed by atoms with Crippen LogP contribution in [0.4, 0.5) is 0 Å². The minimum absolute atomic E-state index is 0.211. The second-order valence-corrected chi connectivity index (χ2v) is 6.95. The molecular weight excluding hydrogens is 230 g/mol. The molecule has 1 aromatic rings. The van der Waals surface area contributed by atoms with Gasteiger partial charge in [-0.15, -0.1) is 11.3 Å². The highest BCUT2D eigenvalue weighted by Gasteiger charge is 2.32. The molecule has 2 rings (SSSR count). The molecule has 1 aromatic heterocycles. The Hall–Kier alpha value is -0.380. The summed E-state index contributed by atoms with van der Waals surface area (Å²) in [6.07, 6.45) is 1.30. The molecule has 1 aliphatic heterocycles. The Labute approximate surface area is 108 Å². The third-order valence-electron chi connectivity index (χ3n) is 3.49. The zero-order valence-corrected chi connectivity index (χ0v) is 12.0. The van der Waals surface area contributed by atoms with Crippen LogP contribution in [0.3, 0.4) is 0 Å². The molecule has 0 amide bonds. The van der Waals surface area contributed by atoms with Gasteiger partial charge in [-0.05, 0) is 30.2 Å². The van der Waals surface area contributed by atoms with Gasteiger partial charge in [0.15, 0.2) is 0 Å². The molecule has 1 saturated heterocycles. The van der Waals surface area contributed by atoms with Gasteiger partial charge in [-0.2, -0.15) is 0 Å². The third kappa shape index (κ3) is 3.09. The summed E-state index contributed by atoms with van der Waals surface area (Å²) in [5.74, 6) is 0. The lowest BCUT2D eigenvalue weighted by atomic mass is 9.84. The predicted molar refractivity (Wildman–Crippen MR) is 73.5 cm³/mol. The highest BCUT2D eigenvalue weighted by molar-refractivity contribution is 7.10. The van der Waals surface area contributed by atoms with E-state index in [0.29, 0.717) is 17.5 Å². The molecule has 3 atom stereocenters. The minimum Gasteiger partial charge on any atom is -0.371 e. The summed E-state index contributed by atoms with van der Waals surface area (Å²) in [4.78, 5) is 1.33. The Morgan fingerprint density at radius 3 is 2.76 bits per heavy atom. The van der Waals surface area contributed by atoms with Crippen molar-refractivity contribution in [3.05, 3.63) is 22.4 Å². The van der Waals surface area contributed by atoms with E-state index in [9.17, 15) is 0 Å². The van der Waals surface area contributed by atoms with Crippen LogP contribution >= 0.6 is 11.3 Å². The number of thiophene rings is 1. The van der Waals surface area contributed by atoms with Gasteiger partial charge in [0.25, 0.3) is 0 Å². The van der Waals surface area contributed by atoms with Crippen LogP contribution < -0.4 is 5.32 Å². The predicted octanol–water partition coefficient (Wildman–Crippen LogP) is 3.60. The fourth-order valence-electron chi connectivity index (χ4n) is 2.41. The van der Waals surface area contributed by atoms with Gasteiger partial charge in [-0.25, -0.2) is 0 Å². The summed E-state index contributed by atoms with van der Waals surface area (Å²) in [6.45, 7) is 9.96. The molecule has 0 spiro atoms. The van der Waals surface area contributed by atoms with E-state index in [2.05, 4.69) is 50.5 Å². The van der Waals surface area contributed by atoms with Crippen LogP contribution in [0.5, 0.6) is 0 Å². The molecule has 1 aliphatic rings. The second-order valence-electron chi connectivity index (χ2n) is 5.97. The van der Waals surface area contributed by atoms with Crippen molar-refractivity contribution in [2.75, 3.05) is 6.61 Å². The molecule has 3 heteroatoms. The molecule has 0 saturated carbocycles. The van der Waals surface area contributed by atoms with E-state index in [-0.39, 0.29) is 6.10 Å². The lowest BCUT2D eigenvalue weighted by molar-refractivity contribution is 0.0485. The fourth-order valence-corrected chi connectivity index (χ4v) is 3.29. The highest BCUT2D eigenvalue weighted by atomic mass is 32.1. The van der Waals surface area contributed by atoms with Gasteiger partial charge in [0.2, 0.25) is 0 Å². The number of hydrogen-bond acceptors (Lipinski definition) is 3. The second kappa shape index (κ2) is 5.09.